The standard InChI is InChI=1S/C54H86NO14P/c1-32-19-15-14-16-20-33(2)45(64-9)30-41-24-22-37(6)54(62,68-41)51(59)52(60)55-26-18-17-21-42(55)53(61)67-46(35(4)28-40-23-25-44(47(29-40)65-10)69-70(12,13)63)31-43(56)34(3)27-36(5)48(57)50(66-11)49(58)39(8)38(32)7/h14-16,19-20,27,32,34-35,37-42,44-48,50,57,62H,17-18,21-26,28-31H2,1-13H3/b16-14?,19-15+,33-20?,36-27+/t32-,34-,35-,37-,38?,39-,40+,41+,42+,44-,45+,46+,47-,48-,50-,54-/m1/s1/i9D3,32D,38D. The average Bonchev–Trinajstić information content (AvgIpc) is 3.32. The van der Waals surface area contributed by atoms with Gasteiger partial charge in [-0.15, -0.1) is 0 Å². The molecule has 1 saturated carbocycles. The zero-order valence-electron chi connectivity index (χ0n) is 48.6. The highest BCUT2D eigenvalue weighted by Crippen LogP contribution is 2.45. The van der Waals surface area contributed by atoms with Crippen LogP contribution in [0.5, 0.6) is 0 Å². The molecule has 1 unspecified atom stereocenters. The predicted molar refractivity (Wildman–Crippen MR) is 268 cm³/mol. The number of piperidine rings is 1. The first-order valence-corrected chi connectivity index (χ1v) is 27.6. The molecule has 0 aromatic carbocycles. The molecule has 16 atom stereocenters. The third kappa shape index (κ3) is 15.7. The van der Waals surface area contributed by atoms with Crippen LogP contribution in [-0.4, -0.2) is 140 Å². The van der Waals surface area contributed by atoms with Gasteiger partial charge in [0, 0.05) is 74.5 Å². The second-order valence-corrected chi connectivity index (χ2v) is 23.5. The summed E-state index contributed by atoms with van der Waals surface area (Å²) in [5.41, 5.74) is 0.660. The summed E-state index contributed by atoms with van der Waals surface area (Å²) < 4.78 is 90.0. The molecule has 4 aliphatic rings. The Morgan fingerprint density at radius 1 is 0.914 bits per heavy atom. The third-order valence-electron chi connectivity index (χ3n) is 15.1. The van der Waals surface area contributed by atoms with E-state index in [1.807, 2.05) is 6.92 Å². The number of rotatable bonds is 8. The highest BCUT2D eigenvalue weighted by Gasteiger charge is 2.53. The Balaban J connectivity index is 1.78. The van der Waals surface area contributed by atoms with Gasteiger partial charge in [0.2, 0.25) is 5.79 Å². The normalized spacial score (nSPS) is 41.8. The van der Waals surface area contributed by atoms with Crippen molar-refractivity contribution >= 4 is 36.6 Å². The van der Waals surface area contributed by atoms with Crippen molar-refractivity contribution in [1.82, 2.24) is 4.90 Å². The summed E-state index contributed by atoms with van der Waals surface area (Å²) in [4.78, 5) is 72.9. The van der Waals surface area contributed by atoms with Crippen LogP contribution < -0.4 is 0 Å². The zero-order chi connectivity index (χ0) is 56.6. The summed E-state index contributed by atoms with van der Waals surface area (Å²) in [6, 6.07) is -1.26. The van der Waals surface area contributed by atoms with Crippen molar-refractivity contribution in [2.45, 2.75) is 181 Å². The number of ketones is 3. The van der Waals surface area contributed by atoms with Crippen LogP contribution in [0.4, 0.5) is 0 Å². The largest absolute Gasteiger partial charge is 0.460 e. The van der Waals surface area contributed by atoms with E-state index in [1.54, 1.807) is 66.4 Å². The molecule has 1 aliphatic carbocycles. The van der Waals surface area contributed by atoms with Gasteiger partial charge in [0.15, 0.2) is 13.2 Å². The number of nitrogens with zero attached hydrogens (tertiary/aromatic N) is 1. The number of hydrogen-bond donors (Lipinski definition) is 2. The van der Waals surface area contributed by atoms with E-state index >= 15 is 0 Å². The van der Waals surface area contributed by atoms with Crippen LogP contribution in [0.2, 0.25) is 0 Å². The van der Waals surface area contributed by atoms with Crippen molar-refractivity contribution in [3.63, 3.8) is 0 Å². The van der Waals surface area contributed by atoms with Gasteiger partial charge in [-0.2, -0.15) is 0 Å². The van der Waals surface area contributed by atoms with Crippen LogP contribution in [0.1, 0.15) is 133 Å². The van der Waals surface area contributed by atoms with Gasteiger partial charge in [-0.25, -0.2) is 4.79 Å². The first kappa shape index (κ1) is 51.7. The maximum absolute atomic E-state index is 14.6. The van der Waals surface area contributed by atoms with Crippen molar-refractivity contribution in [3.8, 4) is 0 Å². The molecule has 2 bridgehead atoms. The molecule has 1 amide bonds. The fourth-order valence-corrected chi connectivity index (χ4v) is 11.1. The van der Waals surface area contributed by atoms with Crippen molar-refractivity contribution < 1.29 is 73.8 Å². The molecule has 0 aromatic heterocycles. The van der Waals surface area contributed by atoms with E-state index < -0.39 is 116 Å². The number of carbonyl (C=O) groups excluding carboxylic acids is 5. The first-order chi connectivity index (χ1) is 34.7. The Labute approximate surface area is 425 Å². The van der Waals surface area contributed by atoms with Crippen molar-refractivity contribution in [2.75, 3.05) is 41.1 Å². The van der Waals surface area contributed by atoms with E-state index in [0.29, 0.717) is 44.1 Å². The number of carbonyl (C=O) groups is 5. The van der Waals surface area contributed by atoms with Crippen LogP contribution in [-0.2, 0) is 56.7 Å². The van der Waals surface area contributed by atoms with E-state index in [1.165, 1.54) is 46.1 Å². The molecule has 3 heterocycles. The maximum atomic E-state index is 14.6. The molecular formula is C54H86NO14P. The zero-order valence-corrected chi connectivity index (χ0v) is 44.5. The SMILES string of the molecule is [2H]C([2H])([2H])O[C@H]1C[C@@H]2CC[C@@H](C)[C@@](O)(O2)C(=O)C(=O)N2CCCC[C@H]2C(=O)O[C@H]([C@H](C)C[C@@H]2CC[C@@H](OP(C)(C)=O)[C@H](OC)C2)CC(=O)[C@H](C)/C=C(\C)[C@@H](O)[C@@H](OC)C(=O)[C@H](C)C([2H])(C)[C@]([2H])(C)/C=C/C=CC=C1C. The van der Waals surface area contributed by atoms with Crippen molar-refractivity contribution in [3.05, 3.63) is 47.6 Å². The van der Waals surface area contributed by atoms with E-state index in [-0.39, 0.29) is 68.1 Å². The monoisotopic (exact) mass is 1010 g/mol. The fraction of sp³-hybridized carbons (Fsp3) is 0.759. The number of esters is 1. The molecule has 4 rings (SSSR count). The smallest absolute Gasteiger partial charge is 0.329 e. The maximum Gasteiger partial charge on any atom is 0.329 e. The lowest BCUT2D eigenvalue weighted by atomic mass is 9.78. The van der Waals surface area contributed by atoms with Crippen LogP contribution in [0, 0.1) is 41.4 Å². The van der Waals surface area contributed by atoms with Crippen LogP contribution in [0.3, 0.4) is 0 Å². The number of Topliss-reactive ketones (excluding diaryl/α,β-unsaturated/α-hetero) is 3. The van der Waals surface area contributed by atoms with Crippen LogP contribution in [0.15, 0.2) is 47.6 Å². The van der Waals surface area contributed by atoms with Gasteiger partial charge < -0.3 is 43.3 Å². The molecule has 396 valence electrons. The quantitative estimate of drug-likeness (QED) is 0.103. The first-order valence-electron chi connectivity index (χ1n) is 27.6. The summed E-state index contributed by atoms with van der Waals surface area (Å²) in [6.07, 6.45) is 5.74. The van der Waals surface area contributed by atoms with Crippen molar-refractivity contribution in [1.29, 1.82) is 0 Å². The highest BCUT2D eigenvalue weighted by atomic mass is 31.2. The van der Waals surface area contributed by atoms with Gasteiger partial charge >= 0.3 is 5.97 Å². The summed E-state index contributed by atoms with van der Waals surface area (Å²) in [5, 5.41) is 23.7. The van der Waals surface area contributed by atoms with Crippen LogP contribution in [0.25, 0.3) is 0 Å². The summed E-state index contributed by atoms with van der Waals surface area (Å²) in [5.74, 6) is -13.7. The van der Waals surface area contributed by atoms with Gasteiger partial charge in [0.25, 0.3) is 11.7 Å². The number of aliphatic hydroxyl groups is 2. The minimum absolute atomic E-state index is 0.0139. The Kier molecular flexibility index (Phi) is 19.7. The lowest BCUT2D eigenvalue weighted by Crippen LogP contribution is -2.61. The summed E-state index contributed by atoms with van der Waals surface area (Å²) in [7, 11) is -2.88. The molecule has 70 heavy (non-hydrogen) atoms. The van der Waals surface area contributed by atoms with Gasteiger partial charge in [-0.3, -0.25) is 23.7 Å². The number of ether oxygens (including phenoxy) is 5. The molecule has 0 spiro atoms. The molecule has 2 saturated heterocycles. The van der Waals surface area contributed by atoms with E-state index in [4.69, 9.17) is 32.3 Å². The van der Waals surface area contributed by atoms with Crippen molar-refractivity contribution in [2.24, 2.45) is 41.4 Å². The number of amides is 1. The third-order valence-corrected chi connectivity index (χ3v) is 15.9. The number of methoxy groups -OCH3 is 3. The number of hydrogen-bond acceptors (Lipinski definition) is 14. The Morgan fingerprint density at radius 3 is 2.29 bits per heavy atom. The van der Waals surface area contributed by atoms with E-state index in [9.17, 15) is 41.5 Å². The number of allylic oxidation sites excluding steroid dienone is 6. The molecule has 2 N–H and O–H groups in total. The number of aliphatic hydroxyl groups excluding tert-OH is 1. The lowest BCUT2D eigenvalue weighted by Gasteiger charge is -2.42. The molecule has 3 aliphatic heterocycles. The second-order valence-electron chi connectivity index (χ2n) is 20.7. The Hall–Kier alpha value is -3.14. The van der Waals surface area contributed by atoms with E-state index in [0.717, 1.165) is 4.90 Å². The minimum atomic E-state index is -2.86. The second kappa shape index (κ2) is 26.7. The van der Waals surface area contributed by atoms with Gasteiger partial charge in [0.1, 0.15) is 30.1 Å². The summed E-state index contributed by atoms with van der Waals surface area (Å²) in [6.45, 7) is 15.7. The molecule has 0 radical (unpaired) electrons. The Morgan fingerprint density at radius 2 is 1.63 bits per heavy atom. The fourth-order valence-electron chi connectivity index (χ4n) is 10.3. The summed E-state index contributed by atoms with van der Waals surface area (Å²) >= 11 is 0. The predicted octanol–water partition coefficient (Wildman–Crippen LogP) is 7.99. The van der Waals surface area contributed by atoms with Gasteiger partial charge in [-0.05, 0) is 106 Å². The van der Waals surface area contributed by atoms with Gasteiger partial charge in [-0.1, -0.05) is 78.0 Å². The molecule has 0 aromatic rings. The molecule has 3 fully saturated rings. The van der Waals surface area contributed by atoms with Gasteiger partial charge in [0.05, 0.1) is 28.5 Å². The molecule has 16 heteroatoms. The number of cyclic esters (lactones) is 1. The Bertz CT molecular complexity index is 2190. The molecule has 15 nitrogen and oxygen atoms in total. The topological polar surface area (TPSA) is 201 Å². The van der Waals surface area contributed by atoms with Crippen LogP contribution >= 0.6 is 7.37 Å². The lowest BCUT2D eigenvalue weighted by molar-refractivity contribution is -0.265. The number of fused-ring (bicyclic) bond motifs is 3. The minimum Gasteiger partial charge on any atom is -0.460 e. The van der Waals surface area contributed by atoms with E-state index in [2.05, 4.69) is 0 Å². The average molecular weight is 1010 g/mol. The molecular weight excluding hydrogens is 918 g/mol. The highest BCUT2D eigenvalue weighted by molar-refractivity contribution is 7.57.